The van der Waals surface area contributed by atoms with Gasteiger partial charge in [0.05, 0.1) is 0 Å². The normalized spacial score (nSPS) is 13.0. The van der Waals surface area contributed by atoms with Crippen molar-refractivity contribution in [3.8, 4) is 0 Å². The van der Waals surface area contributed by atoms with Crippen molar-refractivity contribution in [2.24, 2.45) is 0 Å². The minimum absolute atomic E-state index is 0.270. The summed E-state index contributed by atoms with van der Waals surface area (Å²) >= 11 is 0. The highest BCUT2D eigenvalue weighted by molar-refractivity contribution is 4.99. The molecule has 72 valence electrons. The first-order valence-corrected chi connectivity index (χ1v) is 4.75. The highest BCUT2D eigenvalue weighted by Gasteiger charge is 2.04. The fourth-order valence-electron chi connectivity index (χ4n) is 0.935. The Balaban J connectivity index is 3.72. The van der Waals surface area contributed by atoms with Crippen LogP contribution in [0.25, 0.3) is 0 Å². The summed E-state index contributed by atoms with van der Waals surface area (Å²) < 4.78 is 25.6. The molecule has 0 saturated heterocycles. The van der Waals surface area contributed by atoms with E-state index in [-0.39, 0.29) is 12.8 Å². The van der Waals surface area contributed by atoms with E-state index >= 15 is 0 Å². The van der Waals surface area contributed by atoms with Gasteiger partial charge in [-0.3, -0.25) is 0 Å². The average Bonchev–Trinajstić information content (AvgIpc) is 2.10. The number of hydrogen-bond donors (Lipinski definition) is 0. The molecule has 0 bridgehead atoms. The first-order valence-electron chi connectivity index (χ1n) is 4.75. The zero-order valence-corrected chi connectivity index (χ0v) is 8.00. The molecule has 0 unspecified atom stereocenters. The van der Waals surface area contributed by atoms with E-state index in [1.54, 1.807) is 0 Å². The van der Waals surface area contributed by atoms with Crippen LogP contribution in [0.1, 0.15) is 52.4 Å². The molecule has 0 aliphatic carbocycles. The quantitative estimate of drug-likeness (QED) is 0.558. The van der Waals surface area contributed by atoms with E-state index in [9.17, 15) is 8.78 Å². The lowest BCUT2D eigenvalue weighted by atomic mass is 10.1. The van der Waals surface area contributed by atoms with Crippen molar-refractivity contribution in [2.45, 2.75) is 52.4 Å². The van der Waals surface area contributed by atoms with Gasteiger partial charge in [-0.05, 0) is 12.8 Å². The van der Waals surface area contributed by atoms with Crippen LogP contribution in [0, 0.1) is 0 Å². The molecule has 0 saturated carbocycles. The fourth-order valence-corrected chi connectivity index (χ4v) is 0.935. The number of rotatable bonds is 6. The number of unbranched alkanes of at least 4 members (excludes halogenated alkanes) is 2. The molecule has 0 amide bonds. The molecular weight excluding hydrogens is 158 g/mol. The smallest absolute Gasteiger partial charge is 0.131 e. The molecule has 0 aromatic carbocycles. The SMILES string of the molecule is CCCCC(F)=C(F)CCCC. The molecule has 12 heavy (non-hydrogen) atoms. The maximum atomic E-state index is 12.8. The van der Waals surface area contributed by atoms with Crippen molar-refractivity contribution in [3.05, 3.63) is 11.7 Å². The van der Waals surface area contributed by atoms with E-state index in [2.05, 4.69) is 0 Å². The molecule has 0 aliphatic rings. The van der Waals surface area contributed by atoms with Crippen LogP contribution in [0.4, 0.5) is 8.78 Å². The molecule has 0 spiro atoms. The van der Waals surface area contributed by atoms with Crippen LogP contribution in [0.5, 0.6) is 0 Å². The van der Waals surface area contributed by atoms with Crippen molar-refractivity contribution < 1.29 is 8.78 Å². The van der Waals surface area contributed by atoms with Gasteiger partial charge in [-0.1, -0.05) is 26.7 Å². The number of halogens is 2. The summed E-state index contributed by atoms with van der Waals surface area (Å²) in [4.78, 5) is 0. The molecule has 0 aromatic heterocycles. The maximum Gasteiger partial charge on any atom is 0.131 e. The third kappa shape index (κ3) is 5.28. The molecule has 0 nitrogen and oxygen atoms in total. The largest absolute Gasteiger partial charge is 0.209 e. The monoisotopic (exact) mass is 176 g/mol. The van der Waals surface area contributed by atoms with Gasteiger partial charge in [-0.15, -0.1) is 0 Å². The molecule has 0 heterocycles. The van der Waals surface area contributed by atoms with Gasteiger partial charge in [0.1, 0.15) is 11.7 Å². The van der Waals surface area contributed by atoms with Crippen molar-refractivity contribution in [3.63, 3.8) is 0 Å². The van der Waals surface area contributed by atoms with Crippen LogP contribution in [0.3, 0.4) is 0 Å². The van der Waals surface area contributed by atoms with Gasteiger partial charge in [0.25, 0.3) is 0 Å². The first kappa shape index (κ1) is 11.6. The molecule has 0 fully saturated rings. The summed E-state index contributed by atoms with van der Waals surface area (Å²) in [7, 11) is 0. The Hall–Kier alpha value is -0.400. The number of allylic oxidation sites excluding steroid dienone is 2. The minimum Gasteiger partial charge on any atom is -0.209 e. The second kappa shape index (κ2) is 7.26. The van der Waals surface area contributed by atoms with Crippen LogP contribution >= 0.6 is 0 Å². The Bertz CT molecular complexity index is 123. The second-order valence-corrected chi connectivity index (χ2v) is 3.02. The Kier molecular flexibility index (Phi) is 7.02. The molecule has 0 aromatic rings. The highest BCUT2D eigenvalue weighted by Crippen LogP contribution is 2.19. The minimum atomic E-state index is -0.537. The lowest BCUT2D eigenvalue weighted by molar-refractivity contribution is 0.472. The Morgan fingerprint density at radius 1 is 0.833 bits per heavy atom. The lowest BCUT2D eigenvalue weighted by Crippen LogP contribution is -1.83. The molecule has 0 aliphatic heterocycles. The topological polar surface area (TPSA) is 0 Å². The molecule has 0 atom stereocenters. The summed E-state index contributed by atoms with van der Waals surface area (Å²) in [5.41, 5.74) is 0. The van der Waals surface area contributed by atoms with E-state index in [0.717, 1.165) is 25.7 Å². The van der Waals surface area contributed by atoms with Gasteiger partial charge in [0.15, 0.2) is 0 Å². The van der Waals surface area contributed by atoms with Crippen LogP contribution in [-0.4, -0.2) is 0 Å². The fraction of sp³-hybridized carbons (Fsp3) is 0.800. The molecule has 0 rings (SSSR count). The number of hydrogen-bond acceptors (Lipinski definition) is 0. The summed E-state index contributed by atoms with van der Waals surface area (Å²) in [6.45, 7) is 3.94. The van der Waals surface area contributed by atoms with Crippen LogP contribution in [0.15, 0.2) is 11.7 Å². The summed E-state index contributed by atoms with van der Waals surface area (Å²) in [6, 6.07) is 0. The maximum absolute atomic E-state index is 12.8. The van der Waals surface area contributed by atoms with Crippen molar-refractivity contribution in [2.75, 3.05) is 0 Å². The van der Waals surface area contributed by atoms with E-state index in [1.165, 1.54) is 0 Å². The molecule has 2 heteroatoms. The molecular formula is C10H18F2. The van der Waals surface area contributed by atoms with Gasteiger partial charge < -0.3 is 0 Å². The third-order valence-electron chi connectivity index (χ3n) is 1.79. The van der Waals surface area contributed by atoms with Gasteiger partial charge in [0.2, 0.25) is 0 Å². The Morgan fingerprint density at radius 2 is 1.17 bits per heavy atom. The van der Waals surface area contributed by atoms with E-state index in [0.29, 0.717) is 0 Å². The average molecular weight is 176 g/mol. The Morgan fingerprint density at radius 3 is 1.42 bits per heavy atom. The van der Waals surface area contributed by atoms with Gasteiger partial charge in [-0.2, -0.15) is 0 Å². The third-order valence-corrected chi connectivity index (χ3v) is 1.79. The first-order chi connectivity index (χ1) is 5.72. The molecule has 0 N–H and O–H groups in total. The van der Waals surface area contributed by atoms with Crippen molar-refractivity contribution in [1.82, 2.24) is 0 Å². The van der Waals surface area contributed by atoms with Crippen LogP contribution in [-0.2, 0) is 0 Å². The standard InChI is InChI=1S/C10H18F2/c1-3-5-7-9(11)10(12)8-6-4-2/h3-8H2,1-2H3. The highest BCUT2D eigenvalue weighted by atomic mass is 19.2. The van der Waals surface area contributed by atoms with Gasteiger partial charge in [0, 0.05) is 12.8 Å². The van der Waals surface area contributed by atoms with E-state index in [1.807, 2.05) is 13.8 Å². The van der Waals surface area contributed by atoms with Crippen molar-refractivity contribution >= 4 is 0 Å². The zero-order valence-electron chi connectivity index (χ0n) is 8.00. The lowest BCUT2D eigenvalue weighted by Gasteiger charge is -1.99. The molecule has 0 radical (unpaired) electrons. The van der Waals surface area contributed by atoms with Gasteiger partial charge in [-0.25, -0.2) is 8.78 Å². The van der Waals surface area contributed by atoms with E-state index < -0.39 is 11.7 Å². The van der Waals surface area contributed by atoms with Crippen molar-refractivity contribution in [1.29, 1.82) is 0 Å². The summed E-state index contributed by atoms with van der Waals surface area (Å²) in [5, 5.41) is 0. The van der Waals surface area contributed by atoms with E-state index in [4.69, 9.17) is 0 Å². The van der Waals surface area contributed by atoms with Crippen LogP contribution in [0.2, 0.25) is 0 Å². The summed E-state index contributed by atoms with van der Waals surface area (Å²) in [6.07, 6.45) is 3.85. The van der Waals surface area contributed by atoms with Gasteiger partial charge >= 0.3 is 0 Å². The predicted molar refractivity (Wildman–Crippen MR) is 48.3 cm³/mol. The zero-order chi connectivity index (χ0) is 9.40. The Labute approximate surface area is 73.7 Å². The summed E-state index contributed by atoms with van der Waals surface area (Å²) in [5.74, 6) is -1.07. The predicted octanol–water partition coefficient (Wildman–Crippen LogP) is 4.52. The van der Waals surface area contributed by atoms with Crippen LogP contribution < -0.4 is 0 Å². The second-order valence-electron chi connectivity index (χ2n) is 3.02.